The average molecular weight is 470 g/mol. The number of likely N-dealkylation sites (tertiary alicyclic amines) is 1. The fraction of sp³-hybridized carbons (Fsp3) is 0.667. The van der Waals surface area contributed by atoms with E-state index in [-0.39, 0.29) is 35.8 Å². The first-order valence-electron chi connectivity index (χ1n) is 7.89. The van der Waals surface area contributed by atoms with Gasteiger partial charge in [-0.25, -0.2) is 8.42 Å². The molecule has 2 N–H and O–H groups in total. The molecule has 138 valence electrons. The zero-order valence-corrected chi connectivity index (χ0v) is 17.3. The topological polar surface area (TPSA) is 86.9 Å². The SMILES string of the molecule is CN=C(NCCS(C)(=O)=O)NCC(c1ccco1)N1CCCC1.I. The van der Waals surface area contributed by atoms with Crippen molar-refractivity contribution in [2.45, 2.75) is 18.9 Å². The van der Waals surface area contributed by atoms with E-state index in [1.807, 2.05) is 12.1 Å². The van der Waals surface area contributed by atoms with E-state index in [9.17, 15) is 8.42 Å². The van der Waals surface area contributed by atoms with Gasteiger partial charge in [0, 0.05) is 26.4 Å². The van der Waals surface area contributed by atoms with Crippen LogP contribution in [0.25, 0.3) is 0 Å². The molecule has 0 bridgehead atoms. The van der Waals surface area contributed by atoms with Gasteiger partial charge in [0.05, 0.1) is 18.1 Å². The van der Waals surface area contributed by atoms with Gasteiger partial charge in [0.25, 0.3) is 0 Å². The summed E-state index contributed by atoms with van der Waals surface area (Å²) < 4.78 is 27.9. The maximum Gasteiger partial charge on any atom is 0.191 e. The summed E-state index contributed by atoms with van der Waals surface area (Å²) in [7, 11) is -1.30. The number of rotatable bonds is 7. The third-order valence-electron chi connectivity index (χ3n) is 3.90. The Balaban J connectivity index is 0.00000288. The Morgan fingerprint density at radius 2 is 2.08 bits per heavy atom. The average Bonchev–Trinajstić information content (AvgIpc) is 3.18. The highest BCUT2D eigenvalue weighted by atomic mass is 127. The molecular weight excluding hydrogens is 443 g/mol. The van der Waals surface area contributed by atoms with E-state index in [1.165, 1.54) is 19.1 Å². The summed E-state index contributed by atoms with van der Waals surface area (Å²) in [4.78, 5) is 6.54. The van der Waals surface area contributed by atoms with Crippen molar-refractivity contribution in [3.63, 3.8) is 0 Å². The van der Waals surface area contributed by atoms with Crippen molar-refractivity contribution >= 4 is 39.8 Å². The fourth-order valence-corrected chi connectivity index (χ4v) is 3.19. The first-order valence-corrected chi connectivity index (χ1v) is 9.95. The molecule has 0 amide bonds. The molecule has 1 aromatic rings. The Morgan fingerprint density at radius 3 is 2.62 bits per heavy atom. The molecule has 0 saturated carbocycles. The number of guanidine groups is 1. The Hall–Kier alpha value is -0.810. The molecule has 0 radical (unpaired) electrons. The van der Waals surface area contributed by atoms with Crippen molar-refractivity contribution in [2.24, 2.45) is 4.99 Å². The lowest BCUT2D eigenvalue weighted by molar-refractivity contribution is 0.215. The number of hydrogen-bond acceptors (Lipinski definition) is 5. The van der Waals surface area contributed by atoms with E-state index in [1.54, 1.807) is 13.3 Å². The predicted molar refractivity (Wildman–Crippen MR) is 107 cm³/mol. The largest absolute Gasteiger partial charge is 0.468 e. The lowest BCUT2D eigenvalue weighted by atomic mass is 10.2. The number of aliphatic imine (C=N–C) groups is 1. The van der Waals surface area contributed by atoms with Crippen LogP contribution in [0.5, 0.6) is 0 Å². The van der Waals surface area contributed by atoms with Crippen LogP contribution >= 0.6 is 24.0 Å². The number of halogens is 1. The minimum absolute atomic E-state index is 0. The molecule has 1 aliphatic rings. The minimum Gasteiger partial charge on any atom is -0.468 e. The highest BCUT2D eigenvalue weighted by Gasteiger charge is 2.25. The third-order valence-corrected chi connectivity index (χ3v) is 4.85. The van der Waals surface area contributed by atoms with E-state index in [4.69, 9.17) is 4.42 Å². The van der Waals surface area contributed by atoms with Gasteiger partial charge in [-0.1, -0.05) is 0 Å². The molecule has 7 nitrogen and oxygen atoms in total. The molecule has 24 heavy (non-hydrogen) atoms. The molecule has 2 rings (SSSR count). The number of sulfone groups is 1. The summed E-state index contributed by atoms with van der Waals surface area (Å²) in [6.07, 6.45) is 5.33. The van der Waals surface area contributed by atoms with E-state index < -0.39 is 9.84 Å². The van der Waals surface area contributed by atoms with Crippen molar-refractivity contribution in [2.75, 3.05) is 45.2 Å². The Kier molecular flexibility index (Phi) is 9.06. The summed E-state index contributed by atoms with van der Waals surface area (Å²) in [5.74, 6) is 1.62. The van der Waals surface area contributed by atoms with E-state index in [0.717, 1.165) is 18.8 Å². The minimum atomic E-state index is -2.98. The standard InChI is InChI=1S/C15H26N4O3S.HI/c1-16-15(17-7-11-23(2,20)21)18-12-13(14-6-5-10-22-14)19-8-3-4-9-19;/h5-6,10,13H,3-4,7-9,11-12H2,1-2H3,(H2,16,17,18);1H. The maximum absolute atomic E-state index is 11.2. The van der Waals surface area contributed by atoms with Crippen LogP contribution < -0.4 is 10.6 Å². The lowest BCUT2D eigenvalue weighted by Crippen LogP contribution is -2.43. The first kappa shape index (κ1) is 21.2. The van der Waals surface area contributed by atoms with Gasteiger partial charge in [-0.3, -0.25) is 9.89 Å². The predicted octanol–water partition coefficient (Wildman–Crippen LogP) is 1.24. The van der Waals surface area contributed by atoms with Gasteiger partial charge in [0.1, 0.15) is 15.6 Å². The second-order valence-corrected chi connectivity index (χ2v) is 8.04. The quantitative estimate of drug-likeness (QED) is 0.355. The van der Waals surface area contributed by atoms with Gasteiger partial charge in [-0.05, 0) is 38.1 Å². The zero-order valence-electron chi connectivity index (χ0n) is 14.2. The van der Waals surface area contributed by atoms with Gasteiger partial charge in [0.15, 0.2) is 5.96 Å². The highest BCUT2D eigenvalue weighted by Crippen LogP contribution is 2.24. The van der Waals surface area contributed by atoms with Crippen molar-refractivity contribution in [3.8, 4) is 0 Å². The smallest absolute Gasteiger partial charge is 0.191 e. The van der Waals surface area contributed by atoms with Crippen LogP contribution in [0.15, 0.2) is 27.8 Å². The summed E-state index contributed by atoms with van der Waals surface area (Å²) >= 11 is 0. The molecule has 0 aromatic carbocycles. The number of hydrogen-bond donors (Lipinski definition) is 2. The van der Waals surface area contributed by atoms with Gasteiger partial charge in [0.2, 0.25) is 0 Å². The van der Waals surface area contributed by atoms with Crippen LogP contribution in [0, 0.1) is 0 Å². The molecule has 2 heterocycles. The van der Waals surface area contributed by atoms with Crippen molar-refractivity contribution in [1.82, 2.24) is 15.5 Å². The normalized spacial score (nSPS) is 17.3. The molecule has 0 aliphatic carbocycles. The zero-order chi connectivity index (χ0) is 16.7. The van der Waals surface area contributed by atoms with Gasteiger partial charge in [-0.2, -0.15) is 0 Å². The van der Waals surface area contributed by atoms with Crippen molar-refractivity contribution in [1.29, 1.82) is 0 Å². The highest BCUT2D eigenvalue weighted by molar-refractivity contribution is 14.0. The molecule has 1 fully saturated rings. The summed E-state index contributed by atoms with van der Waals surface area (Å²) in [5, 5.41) is 6.29. The van der Waals surface area contributed by atoms with Crippen LogP contribution in [0.3, 0.4) is 0 Å². The van der Waals surface area contributed by atoms with Crippen LogP contribution in [0.1, 0.15) is 24.6 Å². The fourth-order valence-electron chi connectivity index (χ4n) is 2.71. The second-order valence-electron chi connectivity index (χ2n) is 5.78. The van der Waals surface area contributed by atoms with Crippen LogP contribution in [0.2, 0.25) is 0 Å². The first-order chi connectivity index (χ1) is 11.0. The van der Waals surface area contributed by atoms with E-state index in [0.29, 0.717) is 19.0 Å². The van der Waals surface area contributed by atoms with Crippen LogP contribution in [-0.2, 0) is 9.84 Å². The number of nitrogens with one attached hydrogen (secondary N) is 2. The van der Waals surface area contributed by atoms with E-state index in [2.05, 4.69) is 20.5 Å². The summed E-state index contributed by atoms with van der Waals surface area (Å²) in [5.41, 5.74) is 0. The lowest BCUT2D eigenvalue weighted by Gasteiger charge is -2.26. The van der Waals surface area contributed by atoms with Crippen LogP contribution in [-0.4, -0.2) is 64.5 Å². The molecule has 0 spiro atoms. The number of nitrogens with zero attached hydrogens (tertiary/aromatic N) is 2. The monoisotopic (exact) mass is 470 g/mol. The van der Waals surface area contributed by atoms with Crippen LogP contribution in [0.4, 0.5) is 0 Å². The summed E-state index contributed by atoms with van der Waals surface area (Å²) in [6.45, 7) is 3.13. The van der Waals surface area contributed by atoms with Crippen molar-refractivity contribution < 1.29 is 12.8 Å². The Morgan fingerprint density at radius 1 is 1.38 bits per heavy atom. The molecule has 1 atom stereocenters. The summed E-state index contributed by atoms with van der Waals surface area (Å²) in [6, 6.07) is 4.04. The van der Waals surface area contributed by atoms with E-state index >= 15 is 0 Å². The van der Waals surface area contributed by atoms with Gasteiger partial charge >= 0.3 is 0 Å². The molecule has 1 aromatic heterocycles. The molecular formula is C15H27IN4O3S. The van der Waals surface area contributed by atoms with Crippen molar-refractivity contribution in [3.05, 3.63) is 24.2 Å². The Labute approximate surface area is 161 Å². The number of furan rings is 1. The van der Waals surface area contributed by atoms with Gasteiger partial charge < -0.3 is 15.1 Å². The van der Waals surface area contributed by atoms with Gasteiger partial charge in [-0.15, -0.1) is 24.0 Å². The molecule has 1 saturated heterocycles. The Bertz CT molecular complexity index is 598. The third kappa shape index (κ3) is 6.98. The molecule has 9 heteroatoms. The second kappa shape index (κ2) is 10.2. The molecule has 1 aliphatic heterocycles. The maximum atomic E-state index is 11.2. The molecule has 1 unspecified atom stereocenters.